The van der Waals surface area contributed by atoms with Crippen molar-refractivity contribution in [3.8, 4) is 0 Å². The van der Waals surface area contributed by atoms with Crippen molar-refractivity contribution in [1.29, 1.82) is 0 Å². The molecule has 0 saturated carbocycles. The summed E-state index contributed by atoms with van der Waals surface area (Å²) in [7, 11) is 2.89. The lowest BCUT2D eigenvalue weighted by atomic mass is 10.2. The van der Waals surface area contributed by atoms with Crippen molar-refractivity contribution in [3.63, 3.8) is 0 Å². The number of methoxy groups -OCH3 is 2. The number of ether oxygens (including phenoxy) is 2. The molecule has 8 heteroatoms. The van der Waals surface area contributed by atoms with Crippen LogP contribution in [-0.4, -0.2) is 49.2 Å². The maximum Gasteiger partial charge on any atom is 0.337 e. The summed E-state index contributed by atoms with van der Waals surface area (Å²) in [6.07, 6.45) is 1.30. The zero-order valence-electron chi connectivity index (χ0n) is 13.4. The lowest BCUT2D eigenvalue weighted by Crippen LogP contribution is -2.27. The molecule has 0 aliphatic rings. The summed E-state index contributed by atoms with van der Waals surface area (Å²) in [4.78, 5) is 31.3. The molecule has 0 aliphatic carbocycles. The SMILES string of the molecule is COCCNC(=O)c1cc(Nc2ccc(C(=O)OC)cc2)ncn1. The van der Waals surface area contributed by atoms with E-state index in [0.717, 1.165) is 0 Å². The van der Waals surface area contributed by atoms with Crippen LogP contribution in [0.25, 0.3) is 0 Å². The number of hydrogen-bond acceptors (Lipinski definition) is 7. The molecule has 1 heterocycles. The normalized spacial score (nSPS) is 10.1. The molecule has 0 radical (unpaired) electrons. The molecule has 126 valence electrons. The summed E-state index contributed by atoms with van der Waals surface area (Å²) in [5, 5.41) is 5.73. The highest BCUT2D eigenvalue weighted by molar-refractivity contribution is 5.93. The zero-order chi connectivity index (χ0) is 17.4. The molecule has 0 saturated heterocycles. The second-order valence-electron chi connectivity index (χ2n) is 4.73. The Morgan fingerprint density at radius 1 is 1.12 bits per heavy atom. The molecule has 2 rings (SSSR count). The second-order valence-corrected chi connectivity index (χ2v) is 4.73. The minimum Gasteiger partial charge on any atom is -0.465 e. The van der Waals surface area contributed by atoms with Crippen LogP contribution in [-0.2, 0) is 9.47 Å². The van der Waals surface area contributed by atoms with Crippen LogP contribution in [0.2, 0.25) is 0 Å². The third-order valence-corrected chi connectivity index (χ3v) is 3.07. The lowest BCUT2D eigenvalue weighted by Gasteiger charge is -2.08. The first-order chi connectivity index (χ1) is 11.6. The Morgan fingerprint density at radius 2 is 1.88 bits per heavy atom. The van der Waals surface area contributed by atoms with E-state index in [1.54, 1.807) is 31.4 Å². The summed E-state index contributed by atoms with van der Waals surface area (Å²) in [5.74, 6) is -0.246. The molecular weight excluding hydrogens is 312 g/mol. The number of anilines is 2. The van der Waals surface area contributed by atoms with E-state index in [9.17, 15) is 9.59 Å². The fourth-order valence-electron chi connectivity index (χ4n) is 1.86. The standard InChI is InChI=1S/C16H18N4O4/c1-23-8-7-17-15(21)13-9-14(19-10-18-13)20-12-5-3-11(4-6-12)16(22)24-2/h3-6,9-10H,7-8H2,1-2H3,(H,17,21)(H,18,19,20). The Kier molecular flexibility index (Phi) is 6.21. The van der Waals surface area contributed by atoms with Gasteiger partial charge >= 0.3 is 5.97 Å². The van der Waals surface area contributed by atoms with Gasteiger partial charge in [0.1, 0.15) is 17.8 Å². The number of benzene rings is 1. The van der Waals surface area contributed by atoms with Crippen LogP contribution in [0.3, 0.4) is 0 Å². The monoisotopic (exact) mass is 330 g/mol. The van der Waals surface area contributed by atoms with Crippen LogP contribution in [0.4, 0.5) is 11.5 Å². The number of hydrogen-bond donors (Lipinski definition) is 2. The van der Waals surface area contributed by atoms with Gasteiger partial charge in [-0.3, -0.25) is 4.79 Å². The number of rotatable bonds is 7. The zero-order valence-corrected chi connectivity index (χ0v) is 13.4. The number of nitrogens with one attached hydrogen (secondary N) is 2. The first-order valence-corrected chi connectivity index (χ1v) is 7.18. The highest BCUT2D eigenvalue weighted by Gasteiger charge is 2.09. The Bertz CT molecular complexity index is 703. The number of esters is 1. The van der Waals surface area contributed by atoms with Crippen LogP contribution in [0.15, 0.2) is 36.7 Å². The van der Waals surface area contributed by atoms with E-state index in [-0.39, 0.29) is 11.6 Å². The van der Waals surface area contributed by atoms with Crippen molar-refractivity contribution in [2.24, 2.45) is 0 Å². The smallest absolute Gasteiger partial charge is 0.337 e. The van der Waals surface area contributed by atoms with Crippen LogP contribution in [0.1, 0.15) is 20.8 Å². The Labute approximate surface area is 139 Å². The molecular formula is C16H18N4O4. The van der Waals surface area contributed by atoms with E-state index in [0.29, 0.717) is 30.2 Å². The quantitative estimate of drug-likeness (QED) is 0.584. The Morgan fingerprint density at radius 3 is 2.54 bits per heavy atom. The van der Waals surface area contributed by atoms with Crippen LogP contribution >= 0.6 is 0 Å². The Hall–Kier alpha value is -3.00. The van der Waals surface area contributed by atoms with Gasteiger partial charge in [-0.05, 0) is 24.3 Å². The maximum absolute atomic E-state index is 11.9. The fraction of sp³-hybridized carbons (Fsp3) is 0.250. The molecule has 8 nitrogen and oxygen atoms in total. The lowest BCUT2D eigenvalue weighted by molar-refractivity contribution is 0.0600. The predicted octanol–water partition coefficient (Wildman–Crippen LogP) is 1.38. The summed E-state index contributed by atoms with van der Waals surface area (Å²) in [6, 6.07) is 8.23. The predicted molar refractivity (Wildman–Crippen MR) is 87.3 cm³/mol. The number of amides is 1. The molecule has 0 fully saturated rings. The maximum atomic E-state index is 11.9. The molecule has 2 N–H and O–H groups in total. The van der Waals surface area contributed by atoms with Crippen molar-refractivity contribution in [2.75, 3.05) is 32.7 Å². The van der Waals surface area contributed by atoms with Gasteiger partial charge in [-0.25, -0.2) is 14.8 Å². The van der Waals surface area contributed by atoms with Crippen molar-refractivity contribution in [3.05, 3.63) is 47.9 Å². The average Bonchev–Trinajstić information content (AvgIpc) is 2.62. The van der Waals surface area contributed by atoms with E-state index < -0.39 is 5.97 Å². The van der Waals surface area contributed by atoms with Crippen LogP contribution in [0, 0.1) is 0 Å². The fourth-order valence-corrected chi connectivity index (χ4v) is 1.86. The second kappa shape index (κ2) is 8.59. The number of carbonyl (C=O) groups is 2. The van der Waals surface area contributed by atoms with E-state index in [2.05, 4.69) is 25.3 Å². The van der Waals surface area contributed by atoms with Gasteiger partial charge in [-0.1, -0.05) is 0 Å². The summed E-state index contributed by atoms with van der Waals surface area (Å²) in [5.41, 5.74) is 1.41. The largest absolute Gasteiger partial charge is 0.465 e. The van der Waals surface area contributed by atoms with Gasteiger partial charge in [0.25, 0.3) is 5.91 Å². The summed E-state index contributed by atoms with van der Waals surface area (Å²) >= 11 is 0. The van der Waals surface area contributed by atoms with Gasteiger partial charge in [0, 0.05) is 25.4 Å². The van der Waals surface area contributed by atoms with E-state index in [4.69, 9.17) is 4.74 Å². The molecule has 0 aliphatic heterocycles. The average molecular weight is 330 g/mol. The van der Waals surface area contributed by atoms with E-state index >= 15 is 0 Å². The number of aromatic nitrogens is 2. The van der Waals surface area contributed by atoms with Crippen LogP contribution < -0.4 is 10.6 Å². The first-order valence-electron chi connectivity index (χ1n) is 7.18. The molecule has 1 amide bonds. The van der Waals surface area contributed by atoms with Gasteiger partial charge in [-0.15, -0.1) is 0 Å². The molecule has 0 bridgehead atoms. The molecule has 1 aromatic carbocycles. The number of carbonyl (C=O) groups excluding carboxylic acids is 2. The Balaban J connectivity index is 2.03. The molecule has 1 aromatic heterocycles. The topological polar surface area (TPSA) is 102 Å². The first kappa shape index (κ1) is 17.4. The molecule has 24 heavy (non-hydrogen) atoms. The van der Waals surface area contributed by atoms with E-state index in [1.165, 1.54) is 19.5 Å². The molecule has 0 atom stereocenters. The van der Waals surface area contributed by atoms with E-state index in [1.807, 2.05) is 0 Å². The molecule has 0 spiro atoms. The summed E-state index contributed by atoms with van der Waals surface area (Å²) < 4.78 is 9.52. The van der Waals surface area contributed by atoms with Gasteiger partial charge < -0.3 is 20.1 Å². The van der Waals surface area contributed by atoms with Gasteiger partial charge in [0.15, 0.2) is 0 Å². The van der Waals surface area contributed by atoms with Crippen molar-refractivity contribution in [2.45, 2.75) is 0 Å². The molecule has 2 aromatic rings. The van der Waals surface area contributed by atoms with Crippen molar-refractivity contribution >= 4 is 23.4 Å². The van der Waals surface area contributed by atoms with Gasteiger partial charge in [0.05, 0.1) is 19.3 Å². The van der Waals surface area contributed by atoms with Crippen LogP contribution in [0.5, 0.6) is 0 Å². The minimum absolute atomic E-state index is 0.245. The summed E-state index contributed by atoms with van der Waals surface area (Å²) in [6.45, 7) is 0.825. The minimum atomic E-state index is -0.404. The van der Waals surface area contributed by atoms with Gasteiger partial charge in [0.2, 0.25) is 0 Å². The van der Waals surface area contributed by atoms with Crippen molar-refractivity contribution in [1.82, 2.24) is 15.3 Å². The van der Waals surface area contributed by atoms with Crippen molar-refractivity contribution < 1.29 is 19.1 Å². The molecule has 0 unspecified atom stereocenters. The third kappa shape index (κ3) is 4.75. The third-order valence-electron chi connectivity index (χ3n) is 3.07. The highest BCUT2D eigenvalue weighted by Crippen LogP contribution is 2.16. The number of nitrogens with zero attached hydrogens (tertiary/aromatic N) is 2. The van der Waals surface area contributed by atoms with Gasteiger partial charge in [-0.2, -0.15) is 0 Å². The highest BCUT2D eigenvalue weighted by atomic mass is 16.5.